The highest BCUT2D eigenvalue weighted by atomic mass is 16.6. The largest absolute Gasteiger partial charge is 0.414 e. The van der Waals surface area contributed by atoms with Crippen molar-refractivity contribution in [1.82, 2.24) is 20.3 Å². The first-order valence-electron chi connectivity index (χ1n) is 8.88. The van der Waals surface area contributed by atoms with Gasteiger partial charge in [-0.1, -0.05) is 6.92 Å². The summed E-state index contributed by atoms with van der Waals surface area (Å²) in [4.78, 5) is 23.6. The van der Waals surface area contributed by atoms with Gasteiger partial charge in [0.25, 0.3) is 0 Å². The van der Waals surface area contributed by atoms with Crippen molar-refractivity contribution in [1.29, 1.82) is 0 Å². The maximum Gasteiger partial charge on any atom is 0.414 e. The molecule has 2 aromatic heterocycles. The van der Waals surface area contributed by atoms with E-state index < -0.39 is 6.09 Å². The van der Waals surface area contributed by atoms with E-state index in [2.05, 4.69) is 32.5 Å². The van der Waals surface area contributed by atoms with Crippen molar-refractivity contribution in [2.75, 3.05) is 11.9 Å². The maximum atomic E-state index is 12.1. The number of hydrogen-bond donors (Lipinski definition) is 3. The molecule has 0 unspecified atom stereocenters. The minimum Gasteiger partial charge on any atom is -0.393 e. The summed E-state index contributed by atoms with van der Waals surface area (Å²) in [6.45, 7) is 5.00. The summed E-state index contributed by atoms with van der Waals surface area (Å²) in [5.41, 5.74) is 1.61. The molecule has 0 radical (unpaired) electrons. The second kappa shape index (κ2) is 8.00. The zero-order valence-electron chi connectivity index (χ0n) is 14.7. The minimum atomic E-state index is -0.413. The van der Waals surface area contributed by atoms with Crippen molar-refractivity contribution in [3.8, 4) is 17.1 Å². The summed E-state index contributed by atoms with van der Waals surface area (Å²) < 4.78 is 5.36. The number of anilines is 1. The number of rotatable bonds is 5. The Morgan fingerprint density at radius 1 is 1.36 bits per heavy atom. The predicted molar refractivity (Wildman–Crippen MR) is 96.6 cm³/mol. The van der Waals surface area contributed by atoms with Gasteiger partial charge in [0.2, 0.25) is 11.8 Å². The lowest BCUT2D eigenvalue weighted by atomic mass is 9.87. The molecule has 1 fully saturated rings. The van der Waals surface area contributed by atoms with Crippen molar-refractivity contribution in [3.05, 3.63) is 24.5 Å². The molecule has 0 bridgehead atoms. The number of aromatic nitrogens is 3. The van der Waals surface area contributed by atoms with E-state index in [1.165, 1.54) is 0 Å². The smallest absolute Gasteiger partial charge is 0.393 e. The van der Waals surface area contributed by atoms with Gasteiger partial charge in [0.05, 0.1) is 5.69 Å². The van der Waals surface area contributed by atoms with E-state index in [-0.39, 0.29) is 6.04 Å². The Morgan fingerprint density at radius 2 is 2.16 bits per heavy atom. The van der Waals surface area contributed by atoms with Crippen molar-refractivity contribution in [2.24, 2.45) is 5.92 Å². The highest BCUT2D eigenvalue weighted by molar-refractivity contribution is 5.71. The molecule has 0 saturated heterocycles. The van der Waals surface area contributed by atoms with Gasteiger partial charge in [0, 0.05) is 36.6 Å². The van der Waals surface area contributed by atoms with Crippen LogP contribution in [-0.4, -0.2) is 33.6 Å². The third kappa shape index (κ3) is 4.71. The van der Waals surface area contributed by atoms with Crippen molar-refractivity contribution < 1.29 is 9.53 Å². The van der Waals surface area contributed by atoms with Crippen LogP contribution in [0, 0.1) is 5.92 Å². The minimum absolute atomic E-state index is 0.211. The van der Waals surface area contributed by atoms with Gasteiger partial charge in [-0.15, -0.1) is 0 Å². The molecule has 3 rings (SSSR count). The number of amides is 1. The Hall–Kier alpha value is -2.57. The van der Waals surface area contributed by atoms with Crippen LogP contribution in [0.15, 0.2) is 24.5 Å². The van der Waals surface area contributed by atoms with Crippen molar-refractivity contribution in [3.63, 3.8) is 0 Å². The average molecular weight is 343 g/mol. The molecule has 0 atom stereocenters. The van der Waals surface area contributed by atoms with Gasteiger partial charge >= 0.3 is 6.09 Å². The molecule has 25 heavy (non-hydrogen) atoms. The van der Waals surface area contributed by atoms with Gasteiger partial charge in [-0.2, -0.15) is 0 Å². The van der Waals surface area contributed by atoms with Gasteiger partial charge in [0.1, 0.15) is 0 Å². The molecule has 3 N–H and O–H groups in total. The molecule has 7 heteroatoms. The lowest BCUT2D eigenvalue weighted by molar-refractivity contribution is 0.187. The number of hydrogen-bond acceptors (Lipinski definition) is 5. The fraction of sp³-hybridized carbons (Fsp3) is 0.500. The number of ether oxygens (including phenoxy) is 1. The Labute approximate surface area is 147 Å². The molecule has 0 aromatic carbocycles. The van der Waals surface area contributed by atoms with Crippen LogP contribution in [0.25, 0.3) is 11.3 Å². The fourth-order valence-electron chi connectivity index (χ4n) is 3.04. The first-order valence-corrected chi connectivity index (χ1v) is 8.88. The molecule has 0 spiro atoms. The topological polar surface area (TPSA) is 91.9 Å². The molecule has 1 amide bonds. The third-order valence-electron chi connectivity index (χ3n) is 4.48. The second-order valence-corrected chi connectivity index (χ2v) is 6.54. The summed E-state index contributed by atoms with van der Waals surface area (Å²) in [7, 11) is 0. The van der Waals surface area contributed by atoms with E-state index in [4.69, 9.17) is 4.74 Å². The molecule has 2 aromatic rings. The molecule has 2 heterocycles. The summed E-state index contributed by atoms with van der Waals surface area (Å²) >= 11 is 0. The molecule has 1 saturated carbocycles. The van der Waals surface area contributed by atoms with Crippen LogP contribution in [0.3, 0.4) is 0 Å². The van der Waals surface area contributed by atoms with Crippen LogP contribution < -0.4 is 15.4 Å². The van der Waals surface area contributed by atoms with E-state index >= 15 is 0 Å². The Morgan fingerprint density at radius 3 is 2.92 bits per heavy atom. The molecule has 1 aliphatic carbocycles. The summed E-state index contributed by atoms with van der Waals surface area (Å²) in [5, 5.41) is 6.02. The Kier molecular flexibility index (Phi) is 5.53. The zero-order chi connectivity index (χ0) is 17.6. The number of carbonyl (C=O) groups is 1. The van der Waals surface area contributed by atoms with Crippen LogP contribution in [0.4, 0.5) is 10.7 Å². The SMILES string of the molecule is CCNc1nccc(-c2c[nH]c(OC(=O)NC3CCC(C)CC3)c2)n1. The fourth-order valence-corrected chi connectivity index (χ4v) is 3.04. The lowest BCUT2D eigenvalue weighted by Crippen LogP contribution is -2.39. The van der Waals surface area contributed by atoms with Crippen molar-refractivity contribution in [2.45, 2.75) is 45.6 Å². The zero-order valence-corrected chi connectivity index (χ0v) is 14.7. The van der Waals surface area contributed by atoms with Crippen LogP contribution in [0.2, 0.25) is 0 Å². The number of nitrogens with zero attached hydrogens (tertiary/aromatic N) is 2. The van der Waals surface area contributed by atoms with Gasteiger partial charge in [-0.3, -0.25) is 0 Å². The number of aromatic amines is 1. The third-order valence-corrected chi connectivity index (χ3v) is 4.48. The molecular formula is C18H25N5O2. The maximum absolute atomic E-state index is 12.1. The average Bonchev–Trinajstić information content (AvgIpc) is 3.06. The highest BCUT2D eigenvalue weighted by Crippen LogP contribution is 2.24. The van der Waals surface area contributed by atoms with E-state index in [9.17, 15) is 4.79 Å². The van der Waals surface area contributed by atoms with Gasteiger partial charge in [-0.05, 0) is 44.6 Å². The standard InChI is InChI=1S/C18H25N5O2/c1-3-19-17-20-9-8-15(23-17)13-10-16(21-11-13)25-18(24)22-14-6-4-12(2)5-7-14/h8-12,14,21H,3-7H2,1-2H3,(H,22,24)(H,19,20,23). The lowest BCUT2D eigenvalue weighted by Gasteiger charge is -2.26. The number of H-pyrrole nitrogens is 1. The van der Waals surface area contributed by atoms with Crippen molar-refractivity contribution >= 4 is 12.0 Å². The summed E-state index contributed by atoms with van der Waals surface area (Å²) in [6.07, 6.45) is 7.39. The molecule has 0 aliphatic heterocycles. The van der Waals surface area contributed by atoms with E-state index in [0.29, 0.717) is 11.8 Å². The van der Waals surface area contributed by atoms with Crippen LogP contribution in [0.5, 0.6) is 5.88 Å². The van der Waals surface area contributed by atoms with E-state index in [1.54, 1.807) is 18.5 Å². The van der Waals surface area contributed by atoms with Crippen LogP contribution >= 0.6 is 0 Å². The van der Waals surface area contributed by atoms with Gasteiger partial charge < -0.3 is 20.4 Å². The monoisotopic (exact) mass is 343 g/mol. The van der Waals surface area contributed by atoms with Gasteiger partial charge in [-0.25, -0.2) is 14.8 Å². The first-order chi connectivity index (χ1) is 12.1. The van der Waals surface area contributed by atoms with Crippen LogP contribution in [0.1, 0.15) is 39.5 Å². The first kappa shape index (κ1) is 17.3. The van der Waals surface area contributed by atoms with E-state index in [1.807, 2.05) is 13.0 Å². The molecule has 1 aliphatic rings. The Balaban J connectivity index is 1.58. The molecule has 134 valence electrons. The Bertz CT molecular complexity index is 707. The predicted octanol–water partition coefficient (Wildman–Crippen LogP) is 3.57. The van der Waals surface area contributed by atoms with Crippen LogP contribution in [-0.2, 0) is 0 Å². The quantitative estimate of drug-likeness (QED) is 0.772. The highest BCUT2D eigenvalue weighted by Gasteiger charge is 2.20. The van der Waals surface area contributed by atoms with Gasteiger partial charge in [0.15, 0.2) is 0 Å². The number of nitrogens with one attached hydrogen (secondary N) is 3. The second-order valence-electron chi connectivity index (χ2n) is 6.54. The summed E-state index contributed by atoms with van der Waals surface area (Å²) in [6, 6.07) is 3.79. The molecule has 7 nitrogen and oxygen atoms in total. The number of carbonyl (C=O) groups excluding carboxylic acids is 1. The van der Waals surface area contributed by atoms with E-state index in [0.717, 1.165) is 49.4 Å². The molecular weight excluding hydrogens is 318 g/mol. The normalized spacial score (nSPS) is 20.1. The summed E-state index contributed by atoms with van der Waals surface area (Å²) in [5.74, 6) is 1.73.